The SMILES string of the molecule is O=C(c1ccccc1)N1CCN(C2CN(C(=O)C3CC=C(c4ccccc4)C=C3F)C2)CC1. The predicted molar refractivity (Wildman–Crippen MR) is 126 cm³/mol. The van der Waals surface area contributed by atoms with E-state index in [0.717, 1.165) is 29.8 Å². The van der Waals surface area contributed by atoms with Crippen LogP contribution in [0.25, 0.3) is 5.57 Å². The maximum Gasteiger partial charge on any atom is 0.253 e. The van der Waals surface area contributed by atoms with Gasteiger partial charge in [0, 0.05) is 50.9 Å². The Bertz CT molecular complexity index is 1070. The van der Waals surface area contributed by atoms with Crippen LogP contribution >= 0.6 is 0 Å². The van der Waals surface area contributed by atoms with Crippen LogP contribution < -0.4 is 0 Å². The standard InChI is InChI=1S/C27H28FN3O2/c28-25-17-22(20-7-3-1-4-8-20)11-12-24(25)27(33)31-18-23(19-31)29-13-15-30(16-14-29)26(32)21-9-5-2-6-10-21/h1-11,17,23-24H,12-16,18-19H2. The van der Waals surface area contributed by atoms with Crippen molar-refractivity contribution in [2.75, 3.05) is 39.3 Å². The first-order chi connectivity index (χ1) is 16.1. The molecule has 0 aromatic heterocycles. The number of benzene rings is 2. The van der Waals surface area contributed by atoms with Gasteiger partial charge in [0.1, 0.15) is 5.83 Å². The molecule has 2 saturated heterocycles. The Hall–Kier alpha value is -3.25. The molecule has 0 spiro atoms. The molecular weight excluding hydrogens is 417 g/mol. The van der Waals surface area contributed by atoms with E-state index in [1.165, 1.54) is 6.08 Å². The summed E-state index contributed by atoms with van der Waals surface area (Å²) in [6, 6.07) is 19.3. The molecule has 170 valence electrons. The molecule has 0 bridgehead atoms. The largest absolute Gasteiger partial charge is 0.339 e. The van der Waals surface area contributed by atoms with Crippen molar-refractivity contribution in [3.8, 4) is 0 Å². The summed E-state index contributed by atoms with van der Waals surface area (Å²) in [7, 11) is 0. The van der Waals surface area contributed by atoms with Crippen LogP contribution in [0.1, 0.15) is 22.3 Å². The molecule has 6 heteroatoms. The number of nitrogens with zero attached hydrogens (tertiary/aromatic N) is 3. The van der Waals surface area contributed by atoms with E-state index in [4.69, 9.17) is 0 Å². The van der Waals surface area contributed by atoms with E-state index in [-0.39, 0.29) is 23.7 Å². The minimum absolute atomic E-state index is 0.0724. The minimum Gasteiger partial charge on any atom is -0.339 e. The van der Waals surface area contributed by atoms with Crippen LogP contribution in [-0.4, -0.2) is 71.8 Å². The molecule has 2 fully saturated rings. The molecule has 2 aromatic carbocycles. The van der Waals surface area contributed by atoms with E-state index in [0.29, 0.717) is 32.6 Å². The van der Waals surface area contributed by atoms with Gasteiger partial charge in [-0.2, -0.15) is 0 Å². The molecule has 2 aliphatic heterocycles. The van der Waals surface area contributed by atoms with Crippen molar-refractivity contribution in [1.29, 1.82) is 0 Å². The summed E-state index contributed by atoms with van der Waals surface area (Å²) in [5.74, 6) is -1.11. The van der Waals surface area contributed by atoms with Gasteiger partial charge < -0.3 is 9.80 Å². The van der Waals surface area contributed by atoms with Crippen LogP contribution in [0.5, 0.6) is 0 Å². The lowest BCUT2D eigenvalue weighted by molar-refractivity contribution is -0.142. The van der Waals surface area contributed by atoms with Crippen molar-refractivity contribution in [3.05, 3.63) is 89.8 Å². The lowest BCUT2D eigenvalue weighted by atomic mass is 9.90. The van der Waals surface area contributed by atoms with Gasteiger partial charge >= 0.3 is 0 Å². The zero-order valence-electron chi connectivity index (χ0n) is 18.6. The molecule has 0 radical (unpaired) electrons. The van der Waals surface area contributed by atoms with Gasteiger partial charge in [0.2, 0.25) is 5.91 Å². The van der Waals surface area contributed by atoms with E-state index in [1.807, 2.05) is 71.6 Å². The molecule has 2 amide bonds. The van der Waals surface area contributed by atoms with Gasteiger partial charge in [-0.05, 0) is 35.8 Å². The molecule has 2 heterocycles. The van der Waals surface area contributed by atoms with Crippen LogP contribution in [0.2, 0.25) is 0 Å². The third-order valence-corrected chi connectivity index (χ3v) is 6.92. The summed E-state index contributed by atoms with van der Waals surface area (Å²) in [6.45, 7) is 4.23. The number of likely N-dealkylation sites (tertiary alicyclic amines) is 1. The first kappa shape index (κ1) is 21.6. The highest BCUT2D eigenvalue weighted by molar-refractivity contribution is 5.94. The highest BCUT2D eigenvalue weighted by Crippen LogP contribution is 2.32. The average molecular weight is 446 g/mol. The summed E-state index contributed by atoms with van der Waals surface area (Å²) in [6.07, 6.45) is 3.86. The fourth-order valence-corrected chi connectivity index (χ4v) is 4.86. The second kappa shape index (κ2) is 9.32. The van der Waals surface area contributed by atoms with E-state index < -0.39 is 5.92 Å². The summed E-state index contributed by atoms with van der Waals surface area (Å²) >= 11 is 0. The first-order valence-corrected chi connectivity index (χ1v) is 11.6. The number of hydrogen-bond donors (Lipinski definition) is 0. The molecule has 0 saturated carbocycles. The van der Waals surface area contributed by atoms with Gasteiger partial charge in [0.05, 0.1) is 5.92 Å². The Labute approximate surface area is 193 Å². The van der Waals surface area contributed by atoms with Crippen molar-refractivity contribution in [1.82, 2.24) is 14.7 Å². The molecule has 2 aromatic rings. The fraction of sp³-hybridized carbons (Fsp3) is 0.333. The van der Waals surface area contributed by atoms with Gasteiger partial charge in [0.15, 0.2) is 0 Å². The van der Waals surface area contributed by atoms with E-state index in [1.54, 1.807) is 4.90 Å². The highest BCUT2D eigenvalue weighted by atomic mass is 19.1. The number of carbonyl (C=O) groups is 2. The van der Waals surface area contributed by atoms with Gasteiger partial charge in [0.25, 0.3) is 5.91 Å². The zero-order chi connectivity index (χ0) is 22.8. The lowest BCUT2D eigenvalue weighted by Gasteiger charge is -2.48. The molecule has 5 nitrogen and oxygen atoms in total. The molecular formula is C27H28FN3O2. The van der Waals surface area contributed by atoms with E-state index in [9.17, 15) is 14.0 Å². The monoisotopic (exact) mass is 445 g/mol. The summed E-state index contributed by atoms with van der Waals surface area (Å²) < 4.78 is 14.8. The van der Waals surface area contributed by atoms with Crippen molar-refractivity contribution in [3.63, 3.8) is 0 Å². The number of piperazine rings is 1. The fourth-order valence-electron chi connectivity index (χ4n) is 4.86. The van der Waals surface area contributed by atoms with Gasteiger partial charge in [-0.25, -0.2) is 4.39 Å². The number of amides is 2. The van der Waals surface area contributed by atoms with Crippen molar-refractivity contribution >= 4 is 17.4 Å². The molecule has 5 rings (SSSR count). The van der Waals surface area contributed by atoms with Crippen LogP contribution in [0.4, 0.5) is 4.39 Å². The average Bonchev–Trinajstić information content (AvgIpc) is 2.84. The number of carbonyl (C=O) groups excluding carboxylic acids is 2. The number of hydrogen-bond acceptors (Lipinski definition) is 3. The molecule has 1 unspecified atom stereocenters. The summed E-state index contributed by atoms with van der Waals surface area (Å²) in [4.78, 5) is 31.5. The lowest BCUT2D eigenvalue weighted by Crippen LogP contribution is -2.65. The molecule has 33 heavy (non-hydrogen) atoms. The van der Waals surface area contributed by atoms with Crippen LogP contribution in [0, 0.1) is 5.92 Å². The molecule has 1 aliphatic carbocycles. The Morgan fingerprint density at radius 3 is 2.09 bits per heavy atom. The van der Waals surface area contributed by atoms with Crippen LogP contribution in [0.3, 0.4) is 0 Å². The Morgan fingerprint density at radius 2 is 1.45 bits per heavy atom. The molecule has 0 N–H and O–H groups in total. The predicted octanol–water partition coefficient (Wildman–Crippen LogP) is 3.61. The molecule has 3 aliphatic rings. The summed E-state index contributed by atoms with van der Waals surface area (Å²) in [5, 5.41) is 0. The topological polar surface area (TPSA) is 43.9 Å². The maximum atomic E-state index is 14.8. The minimum atomic E-state index is -0.709. The summed E-state index contributed by atoms with van der Waals surface area (Å²) in [5.41, 5.74) is 2.52. The van der Waals surface area contributed by atoms with Gasteiger partial charge in [-0.1, -0.05) is 54.6 Å². The maximum absolute atomic E-state index is 14.8. The quantitative estimate of drug-likeness (QED) is 0.722. The third kappa shape index (κ3) is 4.48. The number of rotatable bonds is 4. The van der Waals surface area contributed by atoms with E-state index >= 15 is 0 Å². The van der Waals surface area contributed by atoms with Gasteiger partial charge in [-0.3, -0.25) is 14.5 Å². The van der Waals surface area contributed by atoms with Crippen molar-refractivity contribution in [2.45, 2.75) is 12.5 Å². The zero-order valence-corrected chi connectivity index (χ0v) is 18.6. The second-order valence-electron chi connectivity index (χ2n) is 8.93. The Balaban J connectivity index is 1.10. The number of allylic oxidation sites excluding steroid dienone is 3. The first-order valence-electron chi connectivity index (χ1n) is 11.6. The normalized spacial score (nSPS) is 21.8. The van der Waals surface area contributed by atoms with Crippen LogP contribution in [-0.2, 0) is 4.79 Å². The second-order valence-corrected chi connectivity index (χ2v) is 8.93. The van der Waals surface area contributed by atoms with Crippen molar-refractivity contribution in [2.24, 2.45) is 5.92 Å². The number of halogens is 1. The Kier molecular flexibility index (Phi) is 6.09. The molecule has 1 atom stereocenters. The Morgan fingerprint density at radius 1 is 0.818 bits per heavy atom. The third-order valence-electron chi connectivity index (χ3n) is 6.92. The van der Waals surface area contributed by atoms with Crippen molar-refractivity contribution < 1.29 is 14.0 Å². The van der Waals surface area contributed by atoms with Crippen LogP contribution in [0.15, 0.2) is 78.6 Å². The smallest absolute Gasteiger partial charge is 0.253 e. The highest BCUT2D eigenvalue weighted by Gasteiger charge is 2.40. The van der Waals surface area contributed by atoms with Gasteiger partial charge in [-0.15, -0.1) is 0 Å². The van der Waals surface area contributed by atoms with E-state index in [2.05, 4.69) is 4.90 Å².